The van der Waals surface area contributed by atoms with Gasteiger partial charge in [-0.25, -0.2) is 9.48 Å². The van der Waals surface area contributed by atoms with Crippen LogP contribution in [0.5, 0.6) is 0 Å². The lowest BCUT2D eigenvalue weighted by Crippen LogP contribution is -2.41. The van der Waals surface area contributed by atoms with Crippen LogP contribution >= 0.6 is 0 Å². The molecule has 0 radical (unpaired) electrons. The maximum Gasteiger partial charge on any atom is 0.330 e. The minimum Gasteiger partial charge on any atom is -0.383 e. The number of nitrogens with one attached hydrogen (secondary N) is 1. The summed E-state index contributed by atoms with van der Waals surface area (Å²) in [6.07, 6.45) is 4.97. The van der Waals surface area contributed by atoms with Crippen LogP contribution in [0.3, 0.4) is 0 Å². The van der Waals surface area contributed by atoms with E-state index in [1.807, 2.05) is 67.6 Å². The molecule has 2 aromatic carbocycles. The zero-order valence-electron chi connectivity index (χ0n) is 19.6. The van der Waals surface area contributed by atoms with Gasteiger partial charge in [-0.2, -0.15) is 5.10 Å². The average molecular weight is 473 g/mol. The summed E-state index contributed by atoms with van der Waals surface area (Å²) in [7, 11) is 0. The summed E-state index contributed by atoms with van der Waals surface area (Å²) in [5, 5.41) is 4.36. The van der Waals surface area contributed by atoms with Gasteiger partial charge in [0.2, 0.25) is 5.91 Å². The molecule has 35 heavy (non-hydrogen) atoms. The van der Waals surface area contributed by atoms with Crippen molar-refractivity contribution in [3.05, 3.63) is 105 Å². The molecular weight excluding hydrogens is 444 g/mol. The quantitative estimate of drug-likeness (QED) is 0.388. The molecule has 0 aliphatic rings. The summed E-state index contributed by atoms with van der Waals surface area (Å²) in [5.74, 6) is -0.351. The second kappa shape index (κ2) is 10.7. The molecule has 0 aliphatic heterocycles. The number of carbonyl (C=O) groups excluding carboxylic acids is 1. The molecule has 0 saturated heterocycles. The van der Waals surface area contributed by atoms with Gasteiger partial charge in [0.25, 0.3) is 5.56 Å². The standard InChI is InChI=1S/C26H28N6O3/c1-2-3-14-30-24(27)23(25(34)29-26(30)35)31(17-19-10-6-4-7-11-19)22(33)15-20-16-28-32(18-20)21-12-8-5-9-13-21/h4-13,16,18H,2-3,14-15,17,27H2,1H3,(H,29,34,35). The molecule has 0 bridgehead atoms. The zero-order chi connectivity index (χ0) is 24.8. The van der Waals surface area contributed by atoms with Crippen molar-refractivity contribution in [1.82, 2.24) is 19.3 Å². The summed E-state index contributed by atoms with van der Waals surface area (Å²) in [6.45, 7) is 2.47. The third-order valence-corrected chi connectivity index (χ3v) is 5.72. The lowest BCUT2D eigenvalue weighted by atomic mass is 10.1. The van der Waals surface area contributed by atoms with Gasteiger partial charge in [-0.1, -0.05) is 61.9 Å². The Morgan fingerprint density at radius 1 is 1.03 bits per heavy atom. The number of hydrogen-bond donors (Lipinski definition) is 2. The second-order valence-corrected chi connectivity index (χ2v) is 8.27. The van der Waals surface area contributed by atoms with E-state index in [9.17, 15) is 14.4 Å². The van der Waals surface area contributed by atoms with Crippen LogP contribution < -0.4 is 21.9 Å². The number of nitrogen functional groups attached to an aromatic ring is 1. The van der Waals surface area contributed by atoms with Gasteiger partial charge < -0.3 is 5.73 Å². The highest BCUT2D eigenvalue weighted by molar-refractivity contribution is 5.96. The summed E-state index contributed by atoms with van der Waals surface area (Å²) < 4.78 is 3.01. The van der Waals surface area contributed by atoms with Crippen LogP contribution in [0.1, 0.15) is 30.9 Å². The van der Waals surface area contributed by atoms with Gasteiger partial charge in [-0.05, 0) is 29.7 Å². The highest BCUT2D eigenvalue weighted by Crippen LogP contribution is 2.21. The summed E-state index contributed by atoms with van der Waals surface area (Å²) in [5.41, 5.74) is 7.41. The molecular formula is C26H28N6O3. The first kappa shape index (κ1) is 23.7. The number of nitrogens with zero attached hydrogens (tertiary/aromatic N) is 4. The van der Waals surface area contributed by atoms with Crippen LogP contribution in [0.25, 0.3) is 5.69 Å². The number of rotatable bonds is 9. The molecule has 0 atom stereocenters. The average Bonchev–Trinajstić information content (AvgIpc) is 3.33. The highest BCUT2D eigenvalue weighted by atomic mass is 16.2. The first-order valence-electron chi connectivity index (χ1n) is 11.5. The maximum absolute atomic E-state index is 13.6. The number of para-hydroxylation sites is 1. The number of H-pyrrole nitrogens is 1. The van der Waals surface area contributed by atoms with Gasteiger partial charge in [0.15, 0.2) is 5.69 Å². The van der Waals surface area contributed by atoms with Crippen LogP contribution in [-0.4, -0.2) is 25.2 Å². The summed E-state index contributed by atoms with van der Waals surface area (Å²) in [6, 6.07) is 18.9. The van der Waals surface area contributed by atoms with Crippen LogP contribution in [0, 0.1) is 0 Å². The van der Waals surface area contributed by atoms with Gasteiger partial charge in [0.05, 0.1) is 24.8 Å². The zero-order valence-corrected chi connectivity index (χ0v) is 19.6. The number of aromatic amines is 1. The van der Waals surface area contributed by atoms with E-state index < -0.39 is 11.2 Å². The fourth-order valence-electron chi connectivity index (χ4n) is 3.88. The minimum absolute atomic E-state index is 0.00658. The van der Waals surface area contributed by atoms with Crippen LogP contribution in [0.2, 0.25) is 0 Å². The van der Waals surface area contributed by atoms with Crippen molar-refractivity contribution in [2.45, 2.75) is 39.3 Å². The van der Waals surface area contributed by atoms with E-state index in [0.717, 1.165) is 17.7 Å². The van der Waals surface area contributed by atoms with E-state index in [4.69, 9.17) is 5.73 Å². The first-order chi connectivity index (χ1) is 17.0. The minimum atomic E-state index is -0.690. The van der Waals surface area contributed by atoms with E-state index in [0.29, 0.717) is 18.5 Å². The van der Waals surface area contributed by atoms with Crippen LogP contribution in [0.4, 0.5) is 11.5 Å². The molecule has 3 N–H and O–H groups in total. The van der Waals surface area contributed by atoms with Crippen LogP contribution in [-0.2, 0) is 24.3 Å². The summed E-state index contributed by atoms with van der Waals surface area (Å²) >= 11 is 0. The van der Waals surface area contributed by atoms with E-state index >= 15 is 0 Å². The Kier molecular flexibility index (Phi) is 7.25. The predicted octanol–water partition coefficient (Wildman–Crippen LogP) is 2.88. The molecule has 0 aliphatic carbocycles. The smallest absolute Gasteiger partial charge is 0.330 e. The van der Waals surface area contributed by atoms with Crippen molar-refractivity contribution in [2.75, 3.05) is 10.6 Å². The fraction of sp³-hybridized carbons (Fsp3) is 0.231. The molecule has 4 aromatic rings. The third kappa shape index (κ3) is 5.40. The Morgan fingerprint density at radius 2 is 1.71 bits per heavy atom. The molecule has 2 aromatic heterocycles. The normalized spacial score (nSPS) is 10.9. The Morgan fingerprint density at radius 3 is 2.40 bits per heavy atom. The molecule has 0 fully saturated rings. The molecule has 9 heteroatoms. The lowest BCUT2D eigenvalue weighted by Gasteiger charge is -2.24. The first-order valence-corrected chi connectivity index (χ1v) is 11.5. The molecule has 1 amide bonds. The van der Waals surface area contributed by atoms with Gasteiger partial charge >= 0.3 is 5.69 Å². The van der Waals surface area contributed by atoms with E-state index in [1.54, 1.807) is 17.1 Å². The second-order valence-electron chi connectivity index (χ2n) is 8.27. The molecule has 2 heterocycles. The molecule has 0 saturated carbocycles. The topological polar surface area (TPSA) is 119 Å². The van der Waals surface area contributed by atoms with Crippen LogP contribution in [0.15, 0.2) is 82.6 Å². The fourth-order valence-corrected chi connectivity index (χ4v) is 3.88. The Balaban J connectivity index is 1.70. The largest absolute Gasteiger partial charge is 0.383 e. The Labute approximate surface area is 202 Å². The van der Waals surface area contributed by atoms with E-state index in [1.165, 1.54) is 9.47 Å². The SMILES string of the molecule is CCCCn1c(N)c(N(Cc2ccccc2)C(=O)Cc2cnn(-c3ccccc3)c2)c(=O)[nH]c1=O. The molecule has 0 spiro atoms. The molecule has 9 nitrogen and oxygen atoms in total. The van der Waals surface area contributed by atoms with Gasteiger partial charge in [-0.3, -0.25) is 24.0 Å². The number of hydrogen-bond acceptors (Lipinski definition) is 5. The predicted molar refractivity (Wildman–Crippen MR) is 136 cm³/mol. The summed E-state index contributed by atoms with van der Waals surface area (Å²) in [4.78, 5) is 42.6. The number of nitrogens with two attached hydrogens (primary N) is 1. The van der Waals surface area contributed by atoms with Crippen molar-refractivity contribution < 1.29 is 4.79 Å². The number of benzene rings is 2. The lowest BCUT2D eigenvalue weighted by molar-refractivity contribution is -0.118. The van der Waals surface area contributed by atoms with Crippen molar-refractivity contribution in [2.24, 2.45) is 0 Å². The van der Waals surface area contributed by atoms with Gasteiger partial charge in [0.1, 0.15) is 5.82 Å². The highest BCUT2D eigenvalue weighted by Gasteiger charge is 2.25. The molecule has 0 unspecified atom stereocenters. The monoisotopic (exact) mass is 472 g/mol. The van der Waals surface area contributed by atoms with E-state index in [-0.39, 0.29) is 30.4 Å². The number of unbranched alkanes of at least 4 members (excludes halogenated alkanes) is 1. The van der Waals surface area contributed by atoms with Crippen molar-refractivity contribution >= 4 is 17.4 Å². The van der Waals surface area contributed by atoms with Gasteiger partial charge in [-0.15, -0.1) is 0 Å². The number of amides is 1. The van der Waals surface area contributed by atoms with Crippen molar-refractivity contribution in [3.63, 3.8) is 0 Å². The Bertz CT molecular complexity index is 1410. The number of anilines is 2. The molecule has 180 valence electrons. The van der Waals surface area contributed by atoms with E-state index in [2.05, 4.69) is 10.1 Å². The maximum atomic E-state index is 13.6. The third-order valence-electron chi connectivity index (χ3n) is 5.72. The number of carbonyl (C=O) groups is 1. The Hall–Kier alpha value is -4.40. The van der Waals surface area contributed by atoms with Gasteiger partial charge in [0, 0.05) is 12.7 Å². The number of aromatic nitrogens is 4. The van der Waals surface area contributed by atoms with Crippen molar-refractivity contribution in [1.29, 1.82) is 0 Å². The molecule has 4 rings (SSSR count). The van der Waals surface area contributed by atoms with Crippen molar-refractivity contribution in [3.8, 4) is 5.69 Å².